The van der Waals surface area contributed by atoms with Gasteiger partial charge in [-0.15, -0.1) is 0 Å². The Kier molecular flexibility index (Phi) is 5.03. The maximum absolute atomic E-state index is 13.2. The standard InChI is InChI=1S/C24H25NO3/c1-15(2)28-22-11-7-6-10-18(22)19-14-23(27)25-20-12-17(13-21(26)24(19)20)16-8-4-3-5-9-16/h3-11,15,17,19H,12-14H2,1-2H3,(H,25,27). The molecule has 1 heterocycles. The molecule has 1 amide bonds. The molecule has 2 atom stereocenters. The van der Waals surface area contributed by atoms with Crippen molar-refractivity contribution in [3.63, 3.8) is 0 Å². The zero-order valence-electron chi connectivity index (χ0n) is 16.3. The maximum atomic E-state index is 13.2. The number of ketones is 1. The summed E-state index contributed by atoms with van der Waals surface area (Å²) in [7, 11) is 0. The molecule has 0 radical (unpaired) electrons. The molecule has 4 heteroatoms. The van der Waals surface area contributed by atoms with Crippen LogP contribution in [0.25, 0.3) is 0 Å². The molecule has 1 aliphatic carbocycles. The molecule has 4 nitrogen and oxygen atoms in total. The molecule has 0 aromatic heterocycles. The molecule has 144 valence electrons. The molecule has 0 bridgehead atoms. The first-order chi connectivity index (χ1) is 13.5. The number of Topliss-reactive ketones (excluding diaryl/α,β-unsaturated/α-hetero) is 1. The van der Waals surface area contributed by atoms with Crippen LogP contribution in [0.15, 0.2) is 65.9 Å². The summed E-state index contributed by atoms with van der Waals surface area (Å²) in [4.78, 5) is 25.7. The third-order valence-corrected chi connectivity index (χ3v) is 5.46. The largest absolute Gasteiger partial charge is 0.491 e. The first-order valence-corrected chi connectivity index (χ1v) is 9.89. The molecule has 4 rings (SSSR count). The predicted molar refractivity (Wildman–Crippen MR) is 108 cm³/mol. The lowest BCUT2D eigenvalue weighted by Crippen LogP contribution is -2.38. The fourth-order valence-corrected chi connectivity index (χ4v) is 4.32. The van der Waals surface area contributed by atoms with Crippen LogP contribution in [-0.4, -0.2) is 17.8 Å². The summed E-state index contributed by atoms with van der Waals surface area (Å²) < 4.78 is 5.97. The second-order valence-electron chi connectivity index (χ2n) is 7.84. The maximum Gasteiger partial charge on any atom is 0.225 e. The topological polar surface area (TPSA) is 55.4 Å². The average molecular weight is 375 g/mol. The van der Waals surface area contributed by atoms with Crippen molar-refractivity contribution >= 4 is 11.7 Å². The number of hydrogen-bond donors (Lipinski definition) is 1. The van der Waals surface area contributed by atoms with Gasteiger partial charge >= 0.3 is 0 Å². The summed E-state index contributed by atoms with van der Waals surface area (Å²) in [6.45, 7) is 3.95. The van der Waals surface area contributed by atoms with E-state index in [1.165, 1.54) is 0 Å². The zero-order chi connectivity index (χ0) is 19.7. The highest BCUT2D eigenvalue weighted by Gasteiger charge is 2.39. The van der Waals surface area contributed by atoms with Crippen LogP contribution in [0.4, 0.5) is 0 Å². The highest BCUT2D eigenvalue weighted by Crippen LogP contribution is 2.44. The Morgan fingerprint density at radius 1 is 0.929 bits per heavy atom. The van der Waals surface area contributed by atoms with E-state index in [-0.39, 0.29) is 36.1 Å². The number of para-hydroxylation sites is 1. The van der Waals surface area contributed by atoms with E-state index in [0.717, 1.165) is 28.1 Å². The summed E-state index contributed by atoms with van der Waals surface area (Å²) in [5.74, 6) is 0.697. The number of ether oxygens (including phenoxy) is 1. The first-order valence-electron chi connectivity index (χ1n) is 9.89. The van der Waals surface area contributed by atoms with Crippen LogP contribution in [0.2, 0.25) is 0 Å². The lowest BCUT2D eigenvalue weighted by Gasteiger charge is -2.35. The van der Waals surface area contributed by atoms with Gasteiger partial charge in [0.15, 0.2) is 5.78 Å². The summed E-state index contributed by atoms with van der Waals surface area (Å²) in [5, 5.41) is 2.99. The minimum Gasteiger partial charge on any atom is -0.491 e. The van der Waals surface area contributed by atoms with E-state index in [9.17, 15) is 9.59 Å². The lowest BCUT2D eigenvalue weighted by molar-refractivity contribution is -0.122. The average Bonchev–Trinajstić information content (AvgIpc) is 2.67. The van der Waals surface area contributed by atoms with Crippen LogP contribution in [0, 0.1) is 0 Å². The fourth-order valence-electron chi connectivity index (χ4n) is 4.32. The third kappa shape index (κ3) is 3.59. The summed E-state index contributed by atoms with van der Waals surface area (Å²) in [6.07, 6.45) is 1.46. The van der Waals surface area contributed by atoms with Gasteiger partial charge in [-0.05, 0) is 37.8 Å². The fraction of sp³-hybridized carbons (Fsp3) is 0.333. The lowest BCUT2D eigenvalue weighted by atomic mass is 9.73. The van der Waals surface area contributed by atoms with E-state index in [4.69, 9.17) is 4.74 Å². The SMILES string of the molecule is CC(C)Oc1ccccc1C1CC(=O)NC2=C1C(=O)CC(c1ccccc1)C2. The number of hydrogen-bond acceptors (Lipinski definition) is 3. The number of amides is 1. The van der Waals surface area contributed by atoms with Crippen molar-refractivity contribution in [2.75, 3.05) is 0 Å². The van der Waals surface area contributed by atoms with Gasteiger partial charge in [0, 0.05) is 35.6 Å². The van der Waals surface area contributed by atoms with E-state index in [0.29, 0.717) is 12.8 Å². The van der Waals surface area contributed by atoms with Gasteiger partial charge in [0.1, 0.15) is 5.75 Å². The first kappa shape index (κ1) is 18.5. The molecule has 0 fully saturated rings. The minimum atomic E-state index is -0.247. The van der Waals surface area contributed by atoms with Crippen molar-refractivity contribution in [1.29, 1.82) is 0 Å². The molecule has 2 aromatic carbocycles. The van der Waals surface area contributed by atoms with Crippen LogP contribution in [-0.2, 0) is 9.59 Å². The van der Waals surface area contributed by atoms with Crippen molar-refractivity contribution in [3.05, 3.63) is 77.0 Å². The molecule has 0 saturated carbocycles. The highest BCUT2D eigenvalue weighted by molar-refractivity contribution is 6.02. The van der Waals surface area contributed by atoms with Gasteiger partial charge in [-0.3, -0.25) is 9.59 Å². The van der Waals surface area contributed by atoms with E-state index in [1.54, 1.807) is 0 Å². The van der Waals surface area contributed by atoms with E-state index < -0.39 is 0 Å². The molecule has 2 unspecified atom stereocenters. The molecular weight excluding hydrogens is 350 g/mol. The number of rotatable bonds is 4. The van der Waals surface area contributed by atoms with E-state index in [1.807, 2.05) is 56.3 Å². The van der Waals surface area contributed by atoms with Crippen LogP contribution in [0.3, 0.4) is 0 Å². The van der Waals surface area contributed by atoms with Crippen molar-refractivity contribution < 1.29 is 14.3 Å². The summed E-state index contributed by atoms with van der Waals surface area (Å²) >= 11 is 0. The second-order valence-corrected chi connectivity index (χ2v) is 7.84. The highest BCUT2D eigenvalue weighted by atomic mass is 16.5. The van der Waals surface area contributed by atoms with Crippen LogP contribution in [0.1, 0.15) is 56.1 Å². The summed E-state index contributed by atoms with van der Waals surface area (Å²) in [6, 6.07) is 17.8. The Morgan fingerprint density at radius 2 is 1.64 bits per heavy atom. The van der Waals surface area contributed by atoms with Gasteiger partial charge in [-0.25, -0.2) is 0 Å². The molecule has 2 aromatic rings. The van der Waals surface area contributed by atoms with Gasteiger partial charge in [-0.1, -0.05) is 48.5 Å². The van der Waals surface area contributed by atoms with Crippen molar-refractivity contribution in [2.24, 2.45) is 0 Å². The van der Waals surface area contributed by atoms with Crippen LogP contribution < -0.4 is 10.1 Å². The molecule has 1 aliphatic heterocycles. The monoisotopic (exact) mass is 375 g/mol. The van der Waals surface area contributed by atoms with Crippen LogP contribution in [0.5, 0.6) is 5.75 Å². The Labute approximate surface area is 165 Å². The smallest absolute Gasteiger partial charge is 0.225 e. The molecular formula is C24H25NO3. The van der Waals surface area contributed by atoms with Gasteiger partial charge in [-0.2, -0.15) is 0 Å². The third-order valence-electron chi connectivity index (χ3n) is 5.46. The van der Waals surface area contributed by atoms with Gasteiger partial charge in [0.05, 0.1) is 6.10 Å². The number of carbonyl (C=O) groups excluding carboxylic acids is 2. The predicted octanol–water partition coefficient (Wildman–Crippen LogP) is 4.48. The molecule has 0 spiro atoms. The van der Waals surface area contributed by atoms with Crippen molar-refractivity contribution in [1.82, 2.24) is 5.32 Å². The molecule has 0 saturated heterocycles. The molecule has 2 aliphatic rings. The number of carbonyl (C=O) groups is 2. The molecule has 1 N–H and O–H groups in total. The molecule has 28 heavy (non-hydrogen) atoms. The second kappa shape index (κ2) is 7.63. The number of allylic oxidation sites excluding steroid dienone is 2. The Hall–Kier alpha value is -2.88. The van der Waals surface area contributed by atoms with Crippen molar-refractivity contribution in [3.8, 4) is 5.75 Å². The number of nitrogens with one attached hydrogen (secondary N) is 1. The Balaban J connectivity index is 1.73. The zero-order valence-corrected chi connectivity index (χ0v) is 16.3. The van der Waals surface area contributed by atoms with Crippen LogP contribution >= 0.6 is 0 Å². The number of benzene rings is 2. The van der Waals surface area contributed by atoms with E-state index in [2.05, 4.69) is 17.4 Å². The van der Waals surface area contributed by atoms with Gasteiger partial charge in [0.25, 0.3) is 0 Å². The Morgan fingerprint density at radius 3 is 2.39 bits per heavy atom. The minimum absolute atomic E-state index is 0.0246. The van der Waals surface area contributed by atoms with Crippen molar-refractivity contribution in [2.45, 2.75) is 51.0 Å². The van der Waals surface area contributed by atoms with Gasteiger partial charge in [0.2, 0.25) is 5.91 Å². The Bertz CT molecular complexity index is 930. The van der Waals surface area contributed by atoms with Gasteiger partial charge < -0.3 is 10.1 Å². The van der Waals surface area contributed by atoms with E-state index >= 15 is 0 Å². The normalized spacial score (nSPS) is 22.1. The summed E-state index contributed by atoms with van der Waals surface area (Å²) in [5.41, 5.74) is 3.60. The quantitative estimate of drug-likeness (QED) is 0.857.